The maximum atomic E-state index is 10.8. The van der Waals surface area contributed by atoms with Crippen LogP contribution in [-0.4, -0.2) is 11.1 Å². The Morgan fingerprint density at radius 2 is 1.94 bits per heavy atom. The molecule has 1 N–H and O–H groups in total. The number of unbranched alkanes of at least 4 members (excludes halogenated alkanes) is 3. The van der Waals surface area contributed by atoms with Gasteiger partial charge in [0, 0.05) is 0 Å². The standard InChI is InChI=1S/C15H22O2/c1-3-4-5-6-7-13-10-12(2)8-9-14(13)11-15(16)17/h8-10H,3-7,11H2,1-2H3,(H,16,17). The molecule has 0 aliphatic carbocycles. The molecule has 1 aromatic rings. The molecular weight excluding hydrogens is 212 g/mol. The van der Waals surface area contributed by atoms with Crippen molar-refractivity contribution in [2.75, 3.05) is 0 Å². The van der Waals surface area contributed by atoms with Gasteiger partial charge in [-0.1, -0.05) is 49.9 Å². The Balaban J connectivity index is 2.66. The maximum Gasteiger partial charge on any atom is 0.307 e. The van der Waals surface area contributed by atoms with E-state index in [0.717, 1.165) is 18.4 Å². The minimum Gasteiger partial charge on any atom is -0.481 e. The molecule has 94 valence electrons. The van der Waals surface area contributed by atoms with Gasteiger partial charge in [0.25, 0.3) is 0 Å². The molecule has 0 heterocycles. The Morgan fingerprint density at radius 3 is 2.59 bits per heavy atom. The van der Waals surface area contributed by atoms with Crippen molar-refractivity contribution in [1.29, 1.82) is 0 Å². The van der Waals surface area contributed by atoms with Crippen LogP contribution in [0.3, 0.4) is 0 Å². The molecule has 0 atom stereocenters. The van der Waals surface area contributed by atoms with Crippen molar-refractivity contribution in [2.24, 2.45) is 0 Å². The van der Waals surface area contributed by atoms with Gasteiger partial charge in [-0.25, -0.2) is 0 Å². The number of carboxylic acids is 1. The third-order valence-corrected chi connectivity index (χ3v) is 3.00. The lowest BCUT2D eigenvalue weighted by Crippen LogP contribution is -2.04. The molecule has 0 saturated carbocycles. The Bertz CT molecular complexity index is 369. The number of hydrogen-bond donors (Lipinski definition) is 1. The molecule has 0 radical (unpaired) electrons. The maximum absolute atomic E-state index is 10.8. The molecule has 0 amide bonds. The number of aryl methyl sites for hydroxylation is 2. The fourth-order valence-electron chi connectivity index (χ4n) is 2.07. The zero-order chi connectivity index (χ0) is 12.7. The van der Waals surface area contributed by atoms with E-state index in [-0.39, 0.29) is 6.42 Å². The van der Waals surface area contributed by atoms with E-state index in [1.165, 1.54) is 30.4 Å². The van der Waals surface area contributed by atoms with Crippen LogP contribution in [0.5, 0.6) is 0 Å². The van der Waals surface area contributed by atoms with E-state index in [9.17, 15) is 4.79 Å². The molecule has 0 unspecified atom stereocenters. The van der Waals surface area contributed by atoms with Crippen LogP contribution in [-0.2, 0) is 17.6 Å². The highest BCUT2D eigenvalue weighted by Crippen LogP contribution is 2.16. The van der Waals surface area contributed by atoms with Crippen molar-refractivity contribution < 1.29 is 9.90 Å². The molecule has 0 saturated heterocycles. The van der Waals surface area contributed by atoms with Crippen molar-refractivity contribution in [3.8, 4) is 0 Å². The third-order valence-electron chi connectivity index (χ3n) is 3.00. The quantitative estimate of drug-likeness (QED) is 0.730. The van der Waals surface area contributed by atoms with Crippen molar-refractivity contribution in [3.63, 3.8) is 0 Å². The predicted octanol–water partition coefficient (Wildman–Crippen LogP) is 3.74. The summed E-state index contributed by atoms with van der Waals surface area (Å²) in [7, 11) is 0. The van der Waals surface area contributed by atoms with E-state index in [4.69, 9.17) is 5.11 Å². The summed E-state index contributed by atoms with van der Waals surface area (Å²) in [4.78, 5) is 10.8. The number of hydrogen-bond acceptors (Lipinski definition) is 1. The van der Waals surface area contributed by atoms with E-state index < -0.39 is 5.97 Å². The lowest BCUT2D eigenvalue weighted by atomic mass is 9.97. The molecule has 0 aliphatic rings. The lowest BCUT2D eigenvalue weighted by Gasteiger charge is -2.09. The largest absolute Gasteiger partial charge is 0.481 e. The normalized spacial score (nSPS) is 10.5. The van der Waals surface area contributed by atoms with Gasteiger partial charge in [-0.2, -0.15) is 0 Å². The van der Waals surface area contributed by atoms with Crippen molar-refractivity contribution >= 4 is 5.97 Å². The van der Waals surface area contributed by atoms with Gasteiger partial charge >= 0.3 is 5.97 Å². The summed E-state index contributed by atoms with van der Waals surface area (Å²) >= 11 is 0. The predicted molar refractivity (Wildman–Crippen MR) is 70.4 cm³/mol. The zero-order valence-electron chi connectivity index (χ0n) is 10.8. The highest BCUT2D eigenvalue weighted by Gasteiger charge is 2.06. The Labute approximate surface area is 104 Å². The van der Waals surface area contributed by atoms with Gasteiger partial charge in [-0.05, 0) is 30.9 Å². The number of carbonyl (C=O) groups is 1. The van der Waals surface area contributed by atoms with Crippen LogP contribution in [0.4, 0.5) is 0 Å². The van der Waals surface area contributed by atoms with Crippen molar-refractivity contribution in [3.05, 3.63) is 34.9 Å². The number of rotatable bonds is 7. The summed E-state index contributed by atoms with van der Waals surface area (Å²) in [5, 5.41) is 8.87. The van der Waals surface area contributed by atoms with E-state index in [1.54, 1.807) is 0 Å². The average molecular weight is 234 g/mol. The second-order valence-electron chi connectivity index (χ2n) is 4.65. The summed E-state index contributed by atoms with van der Waals surface area (Å²) in [5.41, 5.74) is 3.40. The van der Waals surface area contributed by atoms with Gasteiger partial charge in [0.15, 0.2) is 0 Å². The van der Waals surface area contributed by atoms with Crippen LogP contribution < -0.4 is 0 Å². The SMILES string of the molecule is CCCCCCc1cc(C)ccc1CC(=O)O. The molecule has 0 bridgehead atoms. The molecular formula is C15H22O2. The van der Waals surface area contributed by atoms with Crippen LogP contribution in [0.15, 0.2) is 18.2 Å². The zero-order valence-corrected chi connectivity index (χ0v) is 10.8. The van der Waals surface area contributed by atoms with Gasteiger partial charge in [0.05, 0.1) is 6.42 Å². The van der Waals surface area contributed by atoms with Gasteiger partial charge < -0.3 is 5.11 Å². The monoisotopic (exact) mass is 234 g/mol. The van der Waals surface area contributed by atoms with E-state index >= 15 is 0 Å². The Morgan fingerprint density at radius 1 is 1.18 bits per heavy atom. The highest BCUT2D eigenvalue weighted by atomic mass is 16.4. The first-order valence-electron chi connectivity index (χ1n) is 6.43. The van der Waals surface area contributed by atoms with E-state index in [2.05, 4.69) is 19.9 Å². The molecule has 2 nitrogen and oxygen atoms in total. The van der Waals surface area contributed by atoms with Crippen LogP contribution in [0.25, 0.3) is 0 Å². The summed E-state index contributed by atoms with van der Waals surface area (Å²) in [6.07, 6.45) is 6.03. The lowest BCUT2D eigenvalue weighted by molar-refractivity contribution is -0.136. The first-order chi connectivity index (χ1) is 8.13. The Kier molecular flexibility index (Phi) is 5.75. The second-order valence-corrected chi connectivity index (χ2v) is 4.65. The topological polar surface area (TPSA) is 37.3 Å². The molecule has 2 heteroatoms. The van der Waals surface area contributed by atoms with E-state index in [1.807, 2.05) is 12.1 Å². The average Bonchev–Trinajstić information content (AvgIpc) is 2.27. The second kappa shape index (κ2) is 7.10. The summed E-state index contributed by atoms with van der Waals surface area (Å²) in [6, 6.07) is 6.08. The molecule has 0 spiro atoms. The van der Waals surface area contributed by atoms with Crippen molar-refractivity contribution in [1.82, 2.24) is 0 Å². The molecule has 0 aromatic heterocycles. The van der Waals surface area contributed by atoms with Crippen LogP contribution in [0.1, 0.15) is 49.3 Å². The van der Waals surface area contributed by atoms with Crippen LogP contribution >= 0.6 is 0 Å². The Hall–Kier alpha value is -1.31. The third kappa shape index (κ3) is 5.03. The molecule has 17 heavy (non-hydrogen) atoms. The number of benzene rings is 1. The summed E-state index contributed by atoms with van der Waals surface area (Å²) < 4.78 is 0. The summed E-state index contributed by atoms with van der Waals surface area (Å²) in [6.45, 7) is 4.25. The fraction of sp³-hybridized carbons (Fsp3) is 0.533. The molecule has 0 fully saturated rings. The van der Waals surface area contributed by atoms with Gasteiger partial charge in [0.1, 0.15) is 0 Å². The summed E-state index contributed by atoms with van der Waals surface area (Å²) in [5.74, 6) is -0.747. The number of aliphatic carboxylic acids is 1. The fourth-order valence-corrected chi connectivity index (χ4v) is 2.07. The first-order valence-corrected chi connectivity index (χ1v) is 6.43. The first kappa shape index (κ1) is 13.8. The number of carboxylic acid groups (broad SMARTS) is 1. The smallest absolute Gasteiger partial charge is 0.307 e. The molecule has 1 rings (SSSR count). The van der Waals surface area contributed by atoms with Gasteiger partial charge in [0.2, 0.25) is 0 Å². The minimum atomic E-state index is -0.747. The minimum absolute atomic E-state index is 0.142. The van der Waals surface area contributed by atoms with E-state index in [0.29, 0.717) is 0 Å². The molecule has 0 aliphatic heterocycles. The van der Waals surface area contributed by atoms with Gasteiger partial charge in [-0.15, -0.1) is 0 Å². The van der Waals surface area contributed by atoms with Crippen LogP contribution in [0, 0.1) is 6.92 Å². The van der Waals surface area contributed by atoms with Crippen LogP contribution in [0.2, 0.25) is 0 Å². The highest BCUT2D eigenvalue weighted by molar-refractivity contribution is 5.70. The molecule has 1 aromatic carbocycles. The van der Waals surface area contributed by atoms with Crippen molar-refractivity contribution in [2.45, 2.75) is 52.4 Å². The van der Waals surface area contributed by atoms with Gasteiger partial charge in [-0.3, -0.25) is 4.79 Å².